The van der Waals surface area contributed by atoms with Crippen LogP contribution in [-0.4, -0.2) is 18.9 Å². The molecule has 4 nitrogen and oxygen atoms in total. The number of carbonyl (C=O) groups is 1. The van der Waals surface area contributed by atoms with Gasteiger partial charge in [0, 0.05) is 5.56 Å². The van der Waals surface area contributed by atoms with Crippen molar-refractivity contribution in [1.82, 2.24) is 5.32 Å². The number of nitrogen functional groups attached to an aromatic ring is 1. The maximum absolute atomic E-state index is 13.3. The summed E-state index contributed by atoms with van der Waals surface area (Å²) in [6, 6.07) is 4.10. The van der Waals surface area contributed by atoms with E-state index >= 15 is 0 Å². The Kier molecular flexibility index (Phi) is 3.97. The van der Waals surface area contributed by atoms with Crippen molar-refractivity contribution in [1.29, 1.82) is 5.26 Å². The number of anilines is 1. The van der Waals surface area contributed by atoms with Crippen LogP contribution in [0.4, 0.5) is 10.1 Å². The third-order valence-corrected chi connectivity index (χ3v) is 2.11. The van der Waals surface area contributed by atoms with E-state index in [4.69, 9.17) is 11.0 Å². The van der Waals surface area contributed by atoms with Gasteiger partial charge in [-0.3, -0.25) is 4.79 Å². The normalized spacial score (nSPS) is 9.81. The molecule has 1 aromatic rings. The molecule has 16 heavy (non-hydrogen) atoms. The summed E-state index contributed by atoms with van der Waals surface area (Å²) < 4.78 is 13.3. The number of rotatable bonds is 4. The van der Waals surface area contributed by atoms with Crippen molar-refractivity contribution in [3.8, 4) is 6.07 Å². The zero-order valence-corrected chi connectivity index (χ0v) is 8.88. The second-order valence-electron chi connectivity index (χ2n) is 3.23. The minimum absolute atomic E-state index is 0.0140. The number of halogens is 1. The molecule has 0 heterocycles. The lowest BCUT2D eigenvalue weighted by atomic mass is 10.1. The maximum Gasteiger partial charge on any atom is 0.176 e. The van der Waals surface area contributed by atoms with Gasteiger partial charge in [0.1, 0.15) is 11.9 Å². The van der Waals surface area contributed by atoms with Gasteiger partial charge in [-0.25, -0.2) is 4.39 Å². The van der Waals surface area contributed by atoms with Gasteiger partial charge in [-0.05, 0) is 18.7 Å². The van der Waals surface area contributed by atoms with Crippen molar-refractivity contribution < 1.29 is 9.18 Å². The SMILES string of the molecule is CCNCC(=O)c1cc(F)c(N)c(C#N)c1. The van der Waals surface area contributed by atoms with Crippen molar-refractivity contribution in [2.45, 2.75) is 6.92 Å². The highest BCUT2D eigenvalue weighted by atomic mass is 19.1. The highest BCUT2D eigenvalue weighted by molar-refractivity contribution is 5.98. The van der Waals surface area contributed by atoms with E-state index in [2.05, 4.69) is 5.32 Å². The predicted molar refractivity (Wildman–Crippen MR) is 58.4 cm³/mol. The van der Waals surface area contributed by atoms with Crippen LogP contribution < -0.4 is 11.1 Å². The lowest BCUT2D eigenvalue weighted by Gasteiger charge is -2.05. The Morgan fingerprint density at radius 3 is 2.88 bits per heavy atom. The number of nitrogens with two attached hydrogens (primary N) is 1. The zero-order chi connectivity index (χ0) is 12.1. The average Bonchev–Trinajstić information content (AvgIpc) is 2.29. The molecule has 0 spiro atoms. The molecule has 0 aliphatic rings. The molecule has 0 aliphatic heterocycles. The summed E-state index contributed by atoms with van der Waals surface area (Å²) in [7, 11) is 0. The largest absolute Gasteiger partial charge is 0.395 e. The minimum Gasteiger partial charge on any atom is -0.395 e. The Balaban J connectivity index is 3.03. The summed E-state index contributed by atoms with van der Waals surface area (Å²) >= 11 is 0. The summed E-state index contributed by atoms with van der Waals surface area (Å²) in [4.78, 5) is 11.6. The highest BCUT2D eigenvalue weighted by Gasteiger charge is 2.12. The molecule has 0 saturated heterocycles. The van der Waals surface area contributed by atoms with Gasteiger partial charge in [-0.15, -0.1) is 0 Å². The molecule has 0 radical (unpaired) electrons. The van der Waals surface area contributed by atoms with Crippen molar-refractivity contribution in [2.24, 2.45) is 0 Å². The topological polar surface area (TPSA) is 78.9 Å². The first-order valence-corrected chi connectivity index (χ1v) is 4.83. The van der Waals surface area contributed by atoms with Gasteiger partial charge >= 0.3 is 0 Å². The van der Waals surface area contributed by atoms with Gasteiger partial charge < -0.3 is 11.1 Å². The minimum atomic E-state index is -0.737. The first-order valence-electron chi connectivity index (χ1n) is 4.83. The average molecular weight is 221 g/mol. The molecule has 84 valence electrons. The molecular weight excluding hydrogens is 209 g/mol. The molecule has 1 aromatic carbocycles. The maximum atomic E-state index is 13.3. The fourth-order valence-corrected chi connectivity index (χ4v) is 1.21. The number of ketones is 1. The summed E-state index contributed by atoms with van der Waals surface area (Å²) in [6.45, 7) is 2.62. The van der Waals surface area contributed by atoms with Gasteiger partial charge in [0.05, 0.1) is 17.8 Å². The van der Waals surface area contributed by atoms with E-state index in [-0.39, 0.29) is 29.1 Å². The van der Waals surface area contributed by atoms with E-state index in [9.17, 15) is 9.18 Å². The Hall–Kier alpha value is -1.93. The second kappa shape index (κ2) is 5.24. The lowest BCUT2D eigenvalue weighted by molar-refractivity contribution is 0.0991. The summed E-state index contributed by atoms with van der Waals surface area (Å²) in [6.07, 6.45) is 0. The molecule has 0 saturated carbocycles. The number of hydrogen-bond acceptors (Lipinski definition) is 4. The molecule has 1 rings (SSSR count). The predicted octanol–water partition coefficient (Wildman–Crippen LogP) is 1.07. The van der Waals surface area contributed by atoms with Crippen LogP contribution >= 0.6 is 0 Å². The number of carbonyl (C=O) groups excluding carboxylic acids is 1. The molecule has 0 aromatic heterocycles. The first-order chi connectivity index (χ1) is 7.60. The molecule has 0 unspecified atom stereocenters. The highest BCUT2D eigenvalue weighted by Crippen LogP contribution is 2.18. The molecular formula is C11H12FN3O. The summed E-state index contributed by atoms with van der Waals surface area (Å²) in [5.41, 5.74) is 5.26. The zero-order valence-electron chi connectivity index (χ0n) is 8.88. The van der Waals surface area contributed by atoms with Crippen molar-refractivity contribution in [2.75, 3.05) is 18.8 Å². The van der Waals surface area contributed by atoms with Gasteiger partial charge in [0.2, 0.25) is 0 Å². The number of nitrogens with zero attached hydrogens (tertiary/aromatic N) is 1. The Morgan fingerprint density at radius 2 is 2.31 bits per heavy atom. The second-order valence-corrected chi connectivity index (χ2v) is 3.23. The van der Waals surface area contributed by atoms with E-state index in [0.29, 0.717) is 6.54 Å². The first kappa shape index (κ1) is 12.1. The number of Topliss-reactive ketones (excluding diaryl/α,β-unsaturated/α-hetero) is 1. The Labute approximate surface area is 92.9 Å². The van der Waals surface area contributed by atoms with Crippen LogP contribution in [0.1, 0.15) is 22.8 Å². The quantitative estimate of drug-likeness (QED) is 0.588. The molecule has 0 aliphatic carbocycles. The Bertz CT molecular complexity index is 451. The Morgan fingerprint density at radius 1 is 1.62 bits per heavy atom. The van der Waals surface area contributed by atoms with Gasteiger partial charge in [-0.2, -0.15) is 5.26 Å². The van der Waals surface area contributed by atoms with E-state index in [1.165, 1.54) is 6.07 Å². The van der Waals surface area contributed by atoms with Crippen molar-refractivity contribution in [3.05, 3.63) is 29.1 Å². The van der Waals surface area contributed by atoms with Crippen LogP contribution in [0.25, 0.3) is 0 Å². The van der Waals surface area contributed by atoms with E-state index in [1.807, 2.05) is 6.92 Å². The lowest BCUT2D eigenvalue weighted by Crippen LogP contribution is -2.22. The number of likely N-dealkylation sites (N-methyl/N-ethyl adjacent to an activating group) is 1. The summed E-state index contributed by atoms with van der Waals surface area (Å²) in [5.74, 6) is -1.00. The number of benzene rings is 1. The third-order valence-electron chi connectivity index (χ3n) is 2.11. The van der Waals surface area contributed by atoms with E-state index in [1.54, 1.807) is 6.07 Å². The van der Waals surface area contributed by atoms with Crippen LogP contribution in [0.15, 0.2) is 12.1 Å². The van der Waals surface area contributed by atoms with E-state index < -0.39 is 5.82 Å². The number of nitrogens with one attached hydrogen (secondary N) is 1. The molecule has 0 bridgehead atoms. The van der Waals surface area contributed by atoms with Gasteiger partial charge in [0.25, 0.3) is 0 Å². The molecule has 0 amide bonds. The monoisotopic (exact) mass is 221 g/mol. The van der Waals surface area contributed by atoms with E-state index in [0.717, 1.165) is 6.07 Å². The number of hydrogen-bond donors (Lipinski definition) is 2. The van der Waals surface area contributed by atoms with Gasteiger partial charge in [-0.1, -0.05) is 6.92 Å². The standard InChI is InChI=1S/C11H12FN3O/c1-2-15-6-10(16)7-3-8(5-13)11(14)9(12)4-7/h3-4,15H,2,6,14H2,1H3. The van der Waals surface area contributed by atoms with Crippen LogP contribution in [0.5, 0.6) is 0 Å². The fraction of sp³-hybridized carbons (Fsp3) is 0.273. The molecule has 5 heteroatoms. The van der Waals surface area contributed by atoms with Crippen LogP contribution in [0, 0.1) is 17.1 Å². The molecule has 0 atom stereocenters. The van der Waals surface area contributed by atoms with Crippen molar-refractivity contribution >= 4 is 11.5 Å². The molecule has 0 fully saturated rings. The smallest absolute Gasteiger partial charge is 0.176 e. The van der Waals surface area contributed by atoms with Crippen LogP contribution in [0.3, 0.4) is 0 Å². The third kappa shape index (κ3) is 2.55. The van der Waals surface area contributed by atoms with Crippen molar-refractivity contribution in [3.63, 3.8) is 0 Å². The van der Waals surface area contributed by atoms with Crippen LogP contribution in [-0.2, 0) is 0 Å². The summed E-state index contributed by atoms with van der Waals surface area (Å²) in [5, 5.41) is 11.5. The van der Waals surface area contributed by atoms with Crippen LogP contribution in [0.2, 0.25) is 0 Å². The molecule has 3 N–H and O–H groups in total. The van der Waals surface area contributed by atoms with Gasteiger partial charge in [0.15, 0.2) is 5.78 Å². The fourth-order valence-electron chi connectivity index (χ4n) is 1.21. The number of nitriles is 1.